The third-order valence-corrected chi connectivity index (χ3v) is 14.2. The first-order valence-electron chi connectivity index (χ1n) is 16.4. The van der Waals surface area contributed by atoms with Gasteiger partial charge in [-0.2, -0.15) is 0 Å². The van der Waals surface area contributed by atoms with Crippen molar-refractivity contribution in [3.05, 3.63) is 70.3 Å². The molecule has 4 aliphatic rings. The molecule has 0 unspecified atom stereocenters. The van der Waals surface area contributed by atoms with Crippen molar-refractivity contribution < 1.29 is 31.1 Å². The van der Waals surface area contributed by atoms with Gasteiger partial charge in [-0.3, -0.25) is 4.79 Å². The van der Waals surface area contributed by atoms with Crippen molar-refractivity contribution in [3.63, 3.8) is 0 Å². The van der Waals surface area contributed by atoms with Gasteiger partial charge in [0.25, 0.3) is 5.91 Å². The number of hydrogen-bond acceptors (Lipinski definition) is 8. The summed E-state index contributed by atoms with van der Waals surface area (Å²) in [5.41, 5.74) is 1.94. The molecule has 2 aliphatic heterocycles. The number of allylic oxidation sites excluding steroid dienone is 1. The summed E-state index contributed by atoms with van der Waals surface area (Å²) in [6, 6.07) is 11.2. The topological polar surface area (TPSA) is 119 Å². The molecule has 2 aromatic rings. The van der Waals surface area contributed by atoms with Gasteiger partial charge in [0.2, 0.25) is 10.0 Å². The molecule has 6 atom stereocenters. The minimum Gasteiger partial charge on any atom is -0.490 e. The van der Waals surface area contributed by atoms with E-state index >= 15 is 0 Å². The number of fused-ring (bicyclic) bond motifs is 4. The highest BCUT2D eigenvalue weighted by atomic mass is 35.5. The molecular formula is C35H45ClN2O7S2. The molecule has 12 heteroatoms. The number of rotatable bonds is 3. The van der Waals surface area contributed by atoms with Crippen molar-refractivity contribution in [1.29, 1.82) is 0 Å². The summed E-state index contributed by atoms with van der Waals surface area (Å²) in [6.45, 7) is 5.03. The molecule has 1 amide bonds. The number of carbonyl (C=O) groups is 1. The zero-order valence-electron chi connectivity index (χ0n) is 27.5. The van der Waals surface area contributed by atoms with Crippen LogP contribution < -0.4 is 14.4 Å². The van der Waals surface area contributed by atoms with Gasteiger partial charge >= 0.3 is 0 Å². The Hall–Kier alpha value is -2.60. The van der Waals surface area contributed by atoms with Gasteiger partial charge in [-0.25, -0.2) is 21.6 Å². The normalized spacial score (nSPS) is 33.0. The number of sulfone groups is 1. The summed E-state index contributed by atoms with van der Waals surface area (Å²) in [5, 5.41) is -0.183. The van der Waals surface area contributed by atoms with Crippen molar-refractivity contribution in [3.8, 4) is 5.75 Å². The average molecular weight is 705 g/mol. The number of methoxy groups -OCH3 is 1. The van der Waals surface area contributed by atoms with Gasteiger partial charge in [0, 0.05) is 42.5 Å². The number of anilines is 1. The lowest BCUT2D eigenvalue weighted by Crippen LogP contribution is -2.55. The molecule has 1 N–H and O–H groups in total. The van der Waals surface area contributed by atoms with Crippen LogP contribution in [0.2, 0.25) is 5.02 Å². The summed E-state index contributed by atoms with van der Waals surface area (Å²) in [6.07, 6.45) is 9.81. The van der Waals surface area contributed by atoms with Crippen molar-refractivity contribution in [1.82, 2.24) is 4.72 Å². The molecule has 1 fully saturated rings. The van der Waals surface area contributed by atoms with Crippen LogP contribution in [0.1, 0.15) is 67.4 Å². The molecule has 2 heterocycles. The molecule has 9 nitrogen and oxygen atoms in total. The summed E-state index contributed by atoms with van der Waals surface area (Å²) in [5.74, 6) is -0.576. The fourth-order valence-electron chi connectivity index (χ4n) is 8.20. The largest absolute Gasteiger partial charge is 0.490 e. The maximum Gasteiger partial charge on any atom is 0.264 e. The average Bonchev–Trinajstić information content (AvgIpc) is 3.14. The van der Waals surface area contributed by atoms with Crippen LogP contribution in [-0.2, 0) is 36.4 Å². The number of benzene rings is 2. The Kier molecular flexibility index (Phi) is 9.26. The van der Waals surface area contributed by atoms with E-state index in [0.29, 0.717) is 42.6 Å². The number of hydrogen-bond donors (Lipinski definition) is 1. The fourth-order valence-corrected chi connectivity index (χ4v) is 10.9. The Morgan fingerprint density at radius 2 is 1.94 bits per heavy atom. The second-order valence-electron chi connectivity index (χ2n) is 14.3. The quantitative estimate of drug-likeness (QED) is 0.427. The lowest BCUT2D eigenvalue weighted by Gasteiger charge is -2.50. The number of halogens is 1. The van der Waals surface area contributed by atoms with Crippen molar-refractivity contribution in [2.75, 3.05) is 43.7 Å². The smallest absolute Gasteiger partial charge is 0.264 e. The van der Waals surface area contributed by atoms with Crippen LogP contribution in [0.25, 0.3) is 0 Å². The molecule has 1 spiro atoms. The predicted octanol–water partition coefficient (Wildman–Crippen LogP) is 5.31. The van der Waals surface area contributed by atoms with E-state index in [9.17, 15) is 21.6 Å². The molecule has 2 aromatic carbocycles. The molecule has 256 valence electrons. The molecule has 47 heavy (non-hydrogen) atoms. The lowest BCUT2D eigenvalue weighted by molar-refractivity contribution is -0.0596. The number of ether oxygens (including phenoxy) is 2. The van der Waals surface area contributed by atoms with Crippen LogP contribution in [0.4, 0.5) is 5.69 Å². The number of amides is 1. The Morgan fingerprint density at radius 3 is 2.64 bits per heavy atom. The molecule has 0 radical (unpaired) electrons. The number of sulfonamides is 1. The highest BCUT2D eigenvalue weighted by Crippen LogP contribution is 2.49. The minimum absolute atomic E-state index is 0.0876. The molecule has 1 saturated carbocycles. The maximum atomic E-state index is 13.5. The first-order chi connectivity index (χ1) is 22.2. The monoisotopic (exact) mass is 704 g/mol. The lowest BCUT2D eigenvalue weighted by atomic mass is 9.64. The minimum atomic E-state index is -4.02. The van der Waals surface area contributed by atoms with Crippen molar-refractivity contribution in [2.24, 2.45) is 17.8 Å². The van der Waals surface area contributed by atoms with Gasteiger partial charge in [0.05, 0.1) is 23.3 Å². The Morgan fingerprint density at radius 1 is 1.15 bits per heavy atom. The Labute approximate surface area is 284 Å². The zero-order valence-corrected chi connectivity index (χ0v) is 29.9. The van der Waals surface area contributed by atoms with Gasteiger partial charge < -0.3 is 14.4 Å². The highest BCUT2D eigenvalue weighted by molar-refractivity contribution is 7.91. The molecular weight excluding hydrogens is 660 g/mol. The van der Waals surface area contributed by atoms with Gasteiger partial charge in [-0.1, -0.05) is 36.7 Å². The second-order valence-corrected chi connectivity index (χ2v) is 18.9. The third-order valence-electron chi connectivity index (χ3n) is 11.1. The number of nitrogens with zero attached hydrogens (tertiary/aromatic N) is 1. The van der Waals surface area contributed by atoms with E-state index in [-0.39, 0.29) is 34.5 Å². The van der Waals surface area contributed by atoms with E-state index in [1.807, 2.05) is 31.2 Å². The summed E-state index contributed by atoms with van der Waals surface area (Å²) in [4.78, 5) is 15.7. The van der Waals surface area contributed by atoms with E-state index in [0.717, 1.165) is 32.1 Å². The molecule has 0 saturated heterocycles. The van der Waals surface area contributed by atoms with Gasteiger partial charge in [0.1, 0.15) is 11.4 Å². The third kappa shape index (κ3) is 6.70. The van der Waals surface area contributed by atoms with Crippen LogP contribution in [0.5, 0.6) is 5.75 Å². The number of nitrogens with one attached hydrogen (secondary N) is 1. The van der Waals surface area contributed by atoms with Crippen LogP contribution >= 0.6 is 11.6 Å². The first-order valence-corrected chi connectivity index (χ1v) is 20.4. The molecule has 0 aromatic heterocycles. The van der Waals surface area contributed by atoms with E-state index in [2.05, 4.69) is 15.7 Å². The van der Waals surface area contributed by atoms with Crippen molar-refractivity contribution >= 4 is 43.1 Å². The van der Waals surface area contributed by atoms with Gasteiger partial charge in [0.15, 0.2) is 9.84 Å². The first kappa shape index (κ1) is 34.3. The van der Waals surface area contributed by atoms with E-state index in [1.165, 1.54) is 17.4 Å². The van der Waals surface area contributed by atoms with E-state index in [4.69, 9.17) is 21.1 Å². The van der Waals surface area contributed by atoms with Crippen LogP contribution in [0.15, 0.2) is 48.6 Å². The fraction of sp³-hybridized carbons (Fsp3) is 0.571. The Balaban J connectivity index is 1.48. The summed E-state index contributed by atoms with van der Waals surface area (Å²) >= 11 is 6.42. The van der Waals surface area contributed by atoms with E-state index < -0.39 is 36.6 Å². The van der Waals surface area contributed by atoms with E-state index in [1.54, 1.807) is 32.2 Å². The molecule has 2 bridgehead atoms. The SMILES string of the molecule is CO[C@@]1(CS(C)(=O)=O)/C=C/C[C@H](C)[C@@H](C)S(=O)(=O)NC(=O)c2ccc3c(c2)N(C[C@@H]2CC[C@H]21)C[C@@]1(CCCc2cc(Cl)ccc21)CO3. The van der Waals surface area contributed by atoms with Gasteiger partial charge in [-0.05, 0) is 105 Å². The van der Waals surface area contributed by atoms with Crippen LogP contribution in [0, 0.1) is 17.8 Å². The van der Waals surface area contributed by atoms with Crippen molar-refractivity contribution in [2.45, 2.75) is 68.6 Å². The van der Waals surface area contributed by atoms with Crippen LogP contribution in [0.3, 0.4) is 0 Å². The summed E-state index contributed by atoms with van der Waals surface area (Å²) < 4.78 is 67.5. The highest BCUT2D eigenvalue weighted by Gasteiger charge is 2.50. The zero-order chi connectivity index (χ0) is 33.8. The molecule has 2 aliphatic carbocycles. The summed E-state index contributed by atoms with van der Waals surface area (Å²) in [7, 11) is -5.90. The number of aryl methyl sites for hydroxylation is 1. The second kappa shape index (κ2) is 12.7. The number of carbonyl (C=O) groups excluding carboxylic acids is 1. The maximum absolute atomic E-state index is 13.5. The van der Waals surface area contributed by atoms with Crippen LogP contribution in [-0.4, -0.2) is 72.4 Å². The van der Waals surface area contributed by atoms with Gasteiger partial charge in [-0.15, -0.1) is 0 Å². The predicted molar refractivity (Wildman–Crippen MR) is 185 cm³/mol. The standard InChI is InChI=1S/C35H45ClN2O7S2/c1-23-7-5-16-35(44-3,22-46(4,40)41)30-12-9-27(30)19-38-20-34(15-6-8-25-17-28(36)11-13-29(25)34)21-45-32-14-10-26(18-31(32)38)33(39)37-47(42,43)24(23)2/h5,10-11,13-14,16-18,23-24,27,30H,6-9,12,15,19-22H2,1-4H3,(H,37,39)/b16-5+/t23-,24+,27-,30+,34-,35+/m0/s1. The Bertz CT molecular complexity index is 1800. The molecule has 6 rings (SSSR count).